The summed E-state index contributed by atoms with van der Waals surface area (Å²) in [4.78, 5) is 4.37. The lowest BCUT2D eigenvalue weighted by molar-refractivity contribution is 0.598. The highest BCUT2D eigenvalue weighted by Crippen LogP contribution is 2.35. The smallest absolute Gasteiger partial charge is 0.238 e. The van der Waals surface area contributed by atoms with Crippen LogP contribution in [0.1, 0.15) is 0 Å². The van der Waals surface area contributed by atoms with Crippen molar-refractivity contribution in [3.63, 3.8) is 0 Å². The normalized spacial score (nSPS) is 11.3. The summed E-state index contributed by atoms with van der Waals surface area (Å²) in [5.74, 6) is 0. The number of hydrogen-bond acceptors (Lipinski definition) is 3. The Balaban J connectivity index is 2.37. The van der Waals surface area contributed by atoms with Crippen LogP contribution in [0.2, 0.25) is 0 Å². The highest BCUT2D eigenvalue weighted by atomic mass is 32.2. The Bertz CT molecular complexity index is 892. The maximum Gasteiger partial charge on any atom is 0.238 e. The summed E-state index contributed by atoms with van der Waals surface area (Å²) in [5.41, 5.74) is 2.79. The van der Waals surface area contributed by atoms with Gasteiger partial charge in [-0.15, -0.1) is 0 Å². The van der Waals surface area contributed by atoms with Gasteiger partial charge in [0.1, 0.15) is 0 Å². The quantitative estimate of drug-likeness (QED) is 0.808. The average Bonchev–Trinajstić information content (AvgIpc) is 2.55. The molecule has 0 amide bonds. The summed E-state index contributed by atoms with van der Waals surface area (Å²) < 4.78 is 23.9. The predicted molar refractivity (Wildman–Crippen MR) is 86.5 cm³/mol. The summed E-state index contributed by atoms with van der Waals surface area (Å²) in [6.07, 6.45) is 1.63. The molecule has 0 atom stereocenters. The van der Waals surface area contributed by atoms with Gasteiger partial charge in [0, 0.05) is 11.8 Å². The molecular formula is C17H14N2O2S. The fourth-order valence-corrected chi connectivity index (χ4v) is 3.17. The molecular weight excluding hydrogens is 296 g/mol. The number of nitrogens with two attached hydrogens (primary N) is 1. The highest BCUT2D eigenvalue weighted by Gasteiger charge is 2.19. The maximum absolute atomic E-state index is 12.0. The van der Waals surface area contributed by atoms with Crippen molar-refractivity contribution in [2.45, 2.75) is 4.90 Å². The fourth-order valence-electron chi connectivity index (χ4n) is 2.40. The fraction of sp³-hybridized carbons (Fsp3) is 0. The van der Waals surface area contributed by atoms with Crippen molar-refractivity contribution >= 4 is 10.0 Å². The van der Waals surface area contributed by atoms with E-state index in [0.717, 1.165) is 11.1 Å². The second-order valence-corrected chi connectivity index (χ2v) is 6.33. The standard InChI is InChI=1S/C17H14N2O2S/c18-22(20,21)16-11-6-9-14(13-7-2-1-3-8-13)17(16)15-10-4-5-12-19-15/h1-12H,(H2,18,20,21). The Labute approximate surface area is 129 Å². The van der Waals surface area contributed by atoms with Gasteiger partial charge in [-0.3, -0.25) is 4.98 Å². The van der Waals surface area contributed by atoms with Gasteiger partial charge in [-0.1, -0.05) is 48.5 Å². The van der Waals surface area contributed by atoms with Gasteiger partial charge >= 0.3 is 0 Å². The van der Waals surface area contributed by atoms with Gasteiger partial charge in [0.2, 0.25) is 10.0 Å². The second-order valence-electron chi connectivity index (χ2n) is 4.80. The summed E-state index contributed by atoms with van der Waals surface area (Å²) in [7, 11) is -3.85. The van der Waals surface area contributed by atoms with E-state index in [0.29, 0.717) is 11.3 Å². The Morgan fingerprint density at radius 1 is 0.818 bits per heavy atom. The largest absolute Gasteiger partial charge is 0.256 e. The molecule has 1 aromatic heterocycles. The Morgan fingerprint density at radius 2 is 1.55 bits per heavy atom. The van der Waals surface area contributed by atoms with Gasteiger partial charge in [0.15, 0.2) is 0 Å². The van der Waals surface area contributed by atoms with E-state index in [1.807, 2.05) is 42.5 Å². The van der Waals surface area contributed by atoms with E-state index in [4.69, 9.17) is 5.14 Å². The lowest BCUT2D eigenvalue weighted by atomic mass is 9.97. The highest BCUT2D eigenvalue weighted by molar-refractivity contribution is 7.89. The van der Waals surface area contributed by atoms with Crippen molar-refractivity contribution in [2.24, 2.45) is 5.14 Å². The molecule has 0 saturated heterocycles. The molecule has 0 fully saturated rings. The number of rotatable bonds is 3. The van der Waals surface area contributed by atoms with E-state index in [1.54, 1.807) is 24.4 Å². The third kappa shape index (κ3) is 2.77. The molecule has 3 rings (SSSR count). The lowest BCUT2D eigenvalue weighted by Crippen LogP contribution is -2.14. The molecule has 2 aromatic carbocycles. The van der Waals surface area contributed by atoms with Gasteiger partial charge in [-0.25, -0.2) is 13.6 Å². The maximum atomic E-state index is 12.0. The molecule has 110 valence electrons. The number of nitrogens with zero attached hydrogens (tertiary/aromatic N) is 1. The van der Waals surface area contributed by atoms with Crippen LogP contribution in [0.5, 0.6) is 0 Å². The van der Waals surface area contributed by atoms with Crippen LogP contribution in [0.3, 0.4) is 0 Å². The molecule has 0 aliphatic carbocycles. The Hall–Kier alpha value is -2.50. The Kier molecular flexibility index (Phi) is 3.75. The van der Waals surface area contributed by atoms with Crippen molar-refractivity contribution in [1.29, 1.82) is 0 Å². The van der Waals surface area contributed by atoms with Crippen molar-refractivity contribution in [3.8, 4) is 22.4 Å². The van der Waals surface area contributed by atoms with E-state index < -0.39 is 10.0 Å². The van der Waals surface area contributed by atoms with E-state index >= 15 is 0 Å². The topological polar surface area (TPSA) is 73.1 Å². The summed E-state index contributed by atoms with van der Waals surface area (Å²) in [5, 5.41) is 5.39. The molecule has 0 bridgehead atoms. The number of aromatic nitrogens is 1. The number of primary sulfonamides is 1. The Morgan fingerprint density at radius 3 is 2.18 bits per heavy atom. The van der Waals surface area contributed by atoms with Gasteiger partial charge < -0.3 is 0 Å². The average molecular weight is 310 g/mol. The van der Waals surface area contributed by atoms with Crippen LogP contribution < -0.4 is 5.14 Å². The van der Waals surface area contributed by atoms with E-state index in [-0.39, 0.29) is 4.90 Å². The number of sulfonamides is 1. The SMILES string of the molecule is NS(=O)(=O)c1cccc(-c2ccccc2)c1-c1ccccn1. The van der Waals surface area contributed by atoms with Crippen LogP contribution in [0.4, 0.5) is 0 Å². The number of hydrogen-bond donors (Lipinski definition) is 1. The molecule has 0 radical (unpaired) electrons. The number of pyridine rings is 1. The summed E-state index contributed by atoms with van der Waals surface area (Å²) in [6.45, 7) is 0. The summed E-state index contributed by atoms with van der Waals surface area (Å²) in [6, 6.07) is 20.0. The molecule has 1 heterocycles. The monoisotopic (exact) mass is 310 g/mol. The molecule has 0 saturated carbocycles. The minimum atomic E-state index is -3.85. The second kappa shape index (κ2) is 5.71. The molecule has 22 heavy (non-hydrogen) atoms. The summed E-state index contributed by atoms with van der Waals surface area (Å²) >= 11 is 0. The zero-order valence-corrected chi connectivity index (χ0v) is 12.5. The zero-order valence-electron chi connectivity index (χ0n) is 11.7. The van der Waals surface area contributed by atoms with Crippen molar-refractivity contribution in [2.75, 3.05) is 0 Å². The van der Waals surface area contributed by atoms with Crippen molar-refractivity contribution in [3.05, 3.63) is 72.9 Å². The van der Waals surface area contributed by atoms with E-state index in [9.17, 15) is 8.42 Å². The first-order valence-corrected chi connectivity index (χ1v) is 8.24. The van der Waals surface area contributed by atoms with Crippen LogP contribution >= 0.6 is 0 Å². The minimum Gasteiger partial charge on any atom is -0.256 e. The molecule has 0 aliphatic rings. The van der Waals surface area contributed by atoms with Gasteiger partial charge in [0.05, 0.1) is 10.6 Å². The van der Waals surface area contributed by atoms with Crippen molar-refractivity contribution < 1.29 is 8.42 Å². The molecule has 3 aromatic rings. The molecule has 0 spiro atoms. The van der Waals surface area contributed by atoms with Crippen LogP contribution in [0.15, 0.2) is 77.8 Å². The zero-order chi connectivity index (χ0) is 15.6. The van der Waals surface area contributed by atoms with Gasteiger partial charge in [0.25, 0.3) is 0 Å². The van der Waals surface area contributed by atoms with Crippen LogP contribution in [-0.4, -0.2) is 13.4 Å². The van der Waals surface area contributed by atoms with E-state index in [2.05, 4.69) is 4.98 Å². The lowest BCUT2D eigenvalue weighted by Gasteiger charge is -2.13. The van der Waals surface area contributed by atoms with Gasteiger partial charge in [-0.05, 0) is 29.3 Å². The molecule has 0 aliphatic heterocycles. The third-order valence-electron chi connectivity index (χ3n) is 3.34. The first-order chi connectivity index (χ1) is 10.6. The molecule has 2 N–H and O–H groups in total. The molecule has 0 unspecified atom stereocenters. The van der Waals surface area contributed by atoms with Crippen LogP contribution in [0, 0.1) is 0 Å². The van der Waals surface area contributed by atoms with Crippen molar-refractivity contribution in [1.82, 2.24) is 4.98 Å². The number of benzene rings is 2. The minimum absolute atomic E-state index is 0.0764. The predicted octanol–water partition coefficient (Wildman–Crippen LogP) is 3.06. The van der Waals surface area contributed by atoms with E-state index in [1.165, 1.54) is 6.07 Å². The van der Waals surface area contributed by atoms with Gasteiger partial charge in [-0.2, -0.15) is 0 Å². The first kappa shape index (κ1) is 14.4. The van der Waals surface area contributed by atoms with Crippen LogP contribution in [-0.2, 0) is 10.0 Å². The third-order valence-corrected chi connectivity index (χ3v) is 4.29. The molecule has 5 heteroatoms. The molecule has 4 nitrogen and oxygen atoms in total. The van der Waals surface area contributed by atoms with Crippen LogP contribution in [0.25, 0.3) is 22.4 Å². The first-order valence-electron chi connectivity index (χ1n) is 6.70.